The molecule has 1 aromatic heterocycles. The van der Waals surface area contributed by atoms with Crippen LogP contribution >= 0.6 is 0 Å². The summed E-state index contributed by atoms with van der Waals surface area (Å²) in [6, 6.07) is 19.9. The summed E-state index contributed by atoms with van der Waals surface area (Å²) in [5, 5.41) is 21.7. The summed E-state index contributed by atoms with van der Waals surface area (Å²) in [6.07, 6.45) is 1.94. The Morgan fingerprint density at radius 3 is 2.73 bits per heavy atom. The molecule has 0 fully saturated rings. The van der Waals surface area contributed by atoms with Gasteiger partial charge in [0.25, 0.3) is 5.69 Å². The van der Waals surface area contributed by atoms with E-state index < -0.39 is 11.0 Å². The molecule has 0 spiro atoms. The van der Waals surface area contributed by atoms with Crippen LogP contribution in [0.15, 0.2) is 78.0 Å². The lowest BCUT2D eigenvalue weighted by Crippen LogP contribution is -2.31. The number of fused-ring (bicyclic) bond motifs is 2. The van der Waals surface area contributed by atoms with Gasteiger partial charge in [0.2, 0.25) is 5.95 Å². The van der Waals surface area contributed by atoms with Crippen LogP contribution in [-0.4, -0.2) is 25.5 Å². The average molecular weight is 437 g/mol. The summed E-state index contributed by atoms with van der Waals surface area (Å²) in [7, 11) is 0. The van der Waals surface area contributed by atoms with Crippen LogP contribution in [-0.2, 0) is 4.79 Å². The van der Waals surface area contributed by atoms with Crippen molar-refractivity contribution in [3.8, 4) is 11.4 Å². The van der Waals surface area contributed by atoms with Crippen molar-refractivity contribution in [1.29, 1.82) is 0 Å². The van der Waals surface area contributed by atoms with E-state index in [-0.39, 0.29) is 11.5 Å². The number of carbonyl (C=O) groups is 1. The van der Waals surface area contributed by atoms with Gasteiger partial charge in [-0.2, -0.15) is 4.98 Å². The predicted molar refractivity (Wildman–Crippen MR) is 124 cm³/mol. The monoisotopic (exact) mass is 437 g/mol. The lowest BCUT2D eigenvalue weighted by molar-refractivity contribution is -0.384. The molecule has 0 radical (unpaired) electrons. The number of nitrogens with one attached hydrogen (secondary N) is 1. The molecule has 33 heavy (non-hydrogen) atoms. The zero-order valence-corrected chi connectivity index (χ0v) is 17.6. The Morgan fingerprint density at radius 1 is 1.03 bits per heavy atom. The zero-order valence-electron chi connectivity index (χ0n) is 17.6. The smallest absolute Gasteiger partial charge is 0.269 e. The second-order valence-corrected chi connectivity index (χ2v) is 8.28. The number of hydrogen-bond acceptors (Lipinski definition) is 6. The molecular weight excluding hydrogens is 418 g/mol. The maximum absolute atomic E-state index is 13.0. The number of ketones is 1. The van der Waals surface area contributed by atoms with Crippen molar-refractivity contribution in [3.63, 3.8) is 0 Å². The highest BCUT2D eigenvalue weighted by atomic mass is 16.6. The van der Waals surface area contributed by atoms with Gasteiger partial charge < -0.3 is 5.32 Å². The number of carbonyl (C=O) groups excluding carboxylic acids is 1. The van der Waals surface area contributed by atoms with Crippen LogP contribution in [0.2, 0.25) is 0 Å². The normalized spacial score (nSPS) is 17.5. The van der Waals surface area contributed by atoms with Crippen molar-refractivity contribution in [3.05, 3.63) is 93.7 Å². The van der Waals surface area contributed by atoms with E-state index in [1.165, 1.54) is 12.1 Å². The van der Waals surface area contributed by atoms with Crippen molar-refractivity contribution >= 4 is 28.2 Å². The zero-order chi connectivity index (χ0) is 22.5. The quantitative estimate of drug-likeness (QED) is 0.356. The number of hydrogen-bond donors (Lipinski definition) is 1. The largest absolute Gasteiger partial charge is 0.328 e. The topological polar surface area (TPSA) is 103 Å². The van der Waals surface area contributed by atoms with Gasteiger partial charge in [-0.25, -0.2) is 4.68 Å². The number of aromatic nitrogens is 3. The molecule has 162 valence electrons. The lowest BCUT2D eigenvalue weighted by Gasteiger charge is -2.32. The molecule has 2 heterocycles. The van der Waals surface area contributed by atoms with Crippen LogP contribution in [0.25, 0.3) is 22.2 Å². The molecule has 3 aromatic carbocycles. The van der Waals surface area contributed by atoms with Crippen LogP contribution in [0, 0.1) is 10.1 Å². The van der Waals surface area contributed by atoms with Crippen molar-refractivity contribution in [1.82, 2.24) is 14.8 Å². The third-order valence-electron chi connectivity index (χ3n) is 6.30. The van der Waals surface area contributed by atoms with Crippen molar-refractivity contribution < 1.29 is 9.72 Å². The van der Waals surface area contributed by atoms with E-state index in [9.17, 15) is 14.9 Å². The van der Waals surface area contributed by atoms with Gasteiger partial charge in [-0.3, -0.25) is 14.9 Å². The van der Waals surface area contributed by atoms with Gasteiger partial charge in [0.1, 0.15) is 6.04 Å². The first-order valence-corrected chi connectivity index (χ1v) is 10.8. The van der Waals surface area contributed by atoms with Crippen LogP contribution in [0.5, 0.6) is 0 Å². The van der Waals surface area contributed by atoms with Gasteiger partial charge in [-0.05, 0) is 29.2 Å². The molecule has 8 nitrogen and oxygen atoms in total. The van der Waals surface area contributed by atoms with E-state index in [1.54, 1.807) is 16.8 Å². The third-order valence-corrected chi connectivity index (χ3v) is 6.30. The Balaban J connectivity index is 1.55. The molecule has 8 heteroatoms. The minimum atomic E-state index is -0.569. The summed E-state index contributed by atoms with van der Waals surface area (Å²) >= 11 is 0. The molecule has 1 aliphatic heterocycles. The first-order chi connectivity index (χ1) is 16.1. The van der Waals surface area contributed by atoms with Crippen LogP contribution in [0.3, 0.4) is 0 Å². The SMILES string of the molecule is O=C1CCCC2=C1C(c1cccc([N+](=O)[O-])c1)n1nc(-c3cccc4ccccc34)nc1N2. The van der Waals surface area contributed by atoms with Gasteiger partial charge in [0.15, 0.2) is 11.6 Å². The summed E-state index contributed by atoms with van der Waals surface area (Å²) in [5.41, 5.74) is 2.95. The van der Waals surface area contributed by atoms with Crippen LogP contribution in [0.4, 0.5) is 11.6 Å². The molecule has 4 aromatic rings. The minimum absolute atomic E-state index is 0.0209. The van der Waals surface area contributed by atoms with Gasteiger partial charge in [0, 0.05) is 35.4 Å². The van der Waals surface area contributed by atoms with E-state index in [1.807, 2.05) is 42.5 Å². The number of allylic oxidation sites excluding steroid dienone is 2. The molecule has 0 bridgehead atoms. The minimum Gasteiger partial charge on any atom is -0.328 e. The Labute approximate surface area is 188 Å². The summed E-state index contributed by atoms with van der Waals surface area (Å²) in [5.74, 6) is 1.10. The number of nitrogens with zero attached hydrogens (tertiary/aromatic N) is 4. The molecule has 1 N–H and O–H groups in total. The fourth-order valence-electron chi connectivity index (χ4n) is 4.81. The molecule has 0 amide bonds. The van der Waals surface area contributed by atoms with Gasteiger partial charge >= 0.3 is 0 Å². The lowest BCUT2D eigenvalue weighted by atomic mass is 9.85. The maximum atomic E-state index is 13.0. The molecule has 1 aliphatic carbocycles. The maximum Gasteiger partial charge on any atom is 0.269 e. The highest BCUT2D eigenvalue weighted by Gasteiger charge is 2.37. The number of non-ortho nitro benzene ring substituents is 1. The first kappa shape index (κ1) is 19.4. The Hall–Kier alpha value is -4.33. The number of nitro groups is 1. The summed E-state index contributed by atoms with van der Waals surface area (Å²) < 4.78 is 1.69. The molecular formula is C25H19N5O3. The van der Waals surface area contributed by atoms with E-state index in [4.69, 9.17) is 10.1 Å². The van der Waals surface area contributed by atoms with E-state index >= 15 is 0 Å². The molecule has 1 atom stereocenters. The predicted octanol–water partition coefficient (Wildman–Crippen LogP) is 5.03. The number of anilines is 1. The van der Waals surface area contributed by atoms with Crippen molar-refractivity contribution in [2.24, 2.45) is 0 Å². The molecule has 0 saturated carbocycles. The fraction of sp³-hybridized carbons (Fsp3) is 0.160. The molecule has 1 unspecified atom stereocenters. The van der Waals surface area contributed by atoms with Crippen LogP contribution < -0.4 is 5.32 Å². The van der Waals surface area contributed by atoms with Crippen molar-refractivity contribution in [2.75, 3.05) is 5.32 Å². The van der Waals surface area contributed by atoms with Gasteiger partial charge in [-0.1, -0.05) is 54.6 Å². The number of Topliss-reactive ketones (excluding diaryl/α,β-unsaturated/α-hetero) is 1. The number of benzene rings is 3. The second-order valence-electron chi connectivity index (χ2n) is 8.28. The van der Waals surface area contributed by atoms with Gasteiger partial charge in [0.05, 0.1) is 4.92 Å². The summed E-state index contributed by atoms with van der Waals surface area (Å²) in [4.78, 5) is 28.8. The van der Waals surface area contributed by atoms with Crippen molar-refractivity contribution in [2.45, 2.75) is 25.3 Å². The third kappa shape index (κ3) is 3.10. The first-order valence-electron chi connectivity index (χ1n) is 10.8. The Morgan fingerprint density at radius 2 is 1.85 bits per heavy atom. The second kappa shape index (κ2) is 7.37. The fourth-order valence-corrected chi connectivity index (χ4v) is 4.81. The van der Waals surface area contributed by atoms with Gasteiger partial charge in [-0.15, -0.1) is 5.10 Å². The average Bonchev–Trinajstić information content (AvgIpc) is 3.26. The Kier molecular flexibility index (Phi) is 4.33. The molecule has 0 saturated heterocycles. The van der Waals surface area contributed by atoms with Crippen LogP contribution in [0.1, 0.15) is 30.9 Å². The molecule has 2 aliphatic rings. The van der Waals surface area contributed by atoms with E-state index in [2.05, 4.69) is 5.32 Å². The van der Waals surface area contributed by atoms with E-state index in [0.29, 0.717) is 29.3 Å². The standard InChI is InChI=1S/C25H19N5O3/c31-21-13-5-12-20-22(21)23(16-8-3-9-17(14-16)30(32)33)29-25(26-20)27-24(28-29)19-11-4-7-15-6-1-2-10-18(15)19/h1-4,6-11,14,23H,5,12-13H2,(H,26,27,28). The number of nitro benzene ring substituents is 1. The van der Waals surface area contributed by atoms with E-state index in [0.717, 1.165) is 34.9 Å². The Bertz CT molecular complexity index is 1480. The molecule has 6 rings (SSSR count). The highest BCUT2D eigenvalue weighted by Crippen LogP contribution is 2.41. The highest BCUT2D eigenvalue weighted by molar-refractivity contribution is 5.99. The number of rotatable bonds is 3. The summed E-state index contributed by atoms with van der Waals surface area (Å²) in [6.45, 7) is 0.